The first-order valence-electron chi connectivity index (χ1n) is 9.52. The molecular weight excluding hydrogens is 377 g/mol. The smallest absolute Gasteiger partial charge is 0.259 e. The van der Waals surface area contributed by atoms with E-state index in [1.807, 2.05) is 43.0 Å². The average molecular weight is 402 g/mol. The largest absolute Gasteiger partial charge is 0.396 e. The normalized spacial score (nSPS) is 18.6. The molecule has 4 rings (SSSR count). The predicted molar refractivity (Wildman–Crippen MR) is 110 cm³/mol. The SMILES string of the molecule is Cc1ccc(N(CCF)Cc2cc(=O)n3c(C4CC4CO)c(C)sc3n2)cc1. The van der Waals surface area contributed by atoms with Crippen LogP contribution in [-0.2, 0) is 6.54 Å². The third-order valence-corrected chi connectivity index (χ3v) is 6.37. The fourth-order valence-electron chi connectivity index (χ4n) is 3.79. The van der Waals surface area contributed by atoms with Crippen molar-refractivity contribution in [3.63, 3.8) is 0 Å². The van der Waals surface area contributed by atoms with Gasteiger partial charge in [0.05, 0.1) is 12.2 Å². The highest BCUT2D eigenvalue weighted by molar-refractivity contribution is 7.17. The number of anilines is 1. The molecule has 1 aromatic carbocycles. The summed E-state index contributed by atoms with van der Waals surface area (Å²) in [5, 5.41) is 9.39. The van der Waals surface area contributed by atoms with E-state index in [-0.39, 0.29) is 30.5 Å². The van der Waals surface area contributed by atoms with E-state index in [1.165, 1.54) is 11.3 Å². The van der Waals surface area contributed by atoms with Crippen LogP contribution in [-0.4, -0.2) is 34.3 Å². The van der Waals surface area contributed by atoms with Gasteiger partial charge in [-0.1, -0.05) is 17.7 Å². The number of alkyl halides is 1. The molecule has 0 amide bonds. The van der Waals surface area contributed by atoms with Gasteiger partial charge in [-0.15, -0.1) is 11.3 Å². The van der Waals surface area contributed by atoms with E-state index < -0.39 is 6.67 Å². The maximum Gasteiger partial charge on any atom is 0.259 e. The fraction of sp³-hybridized carbons (Fsp3) is 0.429. The number of hydrogen-bond donors (Lipinski definition) is 1. The van der Waals surface area contributed by atoms with Crippen LogP contribution >= 0.6 is 11.3 Å². The quantitative estimate of drug-likeness (QED) is 0.659. The molecule has 2 heterocycles. The average Bonchev–Trinajstić information content (AvgIpc) is 3.36. The number of fused-ring (bicyclic) bond motifs is 1. The molecule has 0 saturated heterocycles. The van der Waals surface area contributed by atoms with Crippen molar-refractivity contribution in [2.24, 2.45) is 5.92 Å². The molecule has 2 unspecified atom stereocenters. The van der Waals surface area contributed by atoms with Crippen LogP contribution in [0.2, 0.25) is 0 Å². The molecule has 0 radical (unpaired) electrons. The number of thiazole rings is 1. The lowest BCUT2D eigenvalue weighted by Gasteiger charge is -2.23. The molecule has 5 nitrogen and oxygen atoms in total. The summed E-state index contributed by atoms with van der Waals surface area (Å²) in [6.07, 6.45) is 0.912. The van der Waals surface area contributed by atoms with E-state index in [4.69, 9.17) is 4.98 Å². The number of aliphatic hydroxyl groups is 1. The van der Waals surface area contributed by atoms with E-state index in [0.717, 1.165) is 28.2 Å². The van der Waals surface area contributed by atoms with E-state index in [1.54, 1.807) is 10.5 Å². The second-order valence-electron chi connectivity index (χ2n) is 7.48. The van der Waals surface area contributed by atoms with Gasteiger partial charge in [0, 0.05) is 41.4 Å². The molecule has 1 aliphatic carbocycles. The number of benzene rings is 1. The second-order valence-corrected chi connectivity index (χ2v) is 8.66. The molecule has 28 heavy (non-hydrogen) atoms. The van der Waals surface area contributed by atoms with Gasteiger partial charge in [0.1, 0.15) is 6.67 Å². The van der Waals surface area contributed by atoms with Crippen molar-refractivity contribution in [2.75, 3.05) is 24.7 Å². The Balaban J connectivity index is 1.67. The standard InChI is InChI=1S/C21H24FN3O2S/c1-13-3-5-17(6-4-13)24(8-7-22)11-16-10-19(27)25-20(18-9-15(18)12-26)14(2)28-21(25)23-16/h3-6,10,15,18,26H,7-9,11-12H2,1-2H3. The van der Waals surface area contributed by atoms with Crippen molar-refractivity contribution in [3.05, 3.63) is 62.5 Å². The number of aliphatic hydroxyl groups excluding tert-OH is 1. The van der Waals surface area contributed by atoms with Crippen LogP contribution in [0.15, 0.2) is 35.1 Å². The molecule has 7 heteroatoms. The minimum absolute atomic E-state index is 0.105. The summed E-state index contributed by atoms with van der Waals surface area (Å²) < 4.78 is 14.8. The molecule has 1 aliphatic rings. The summed E-state index contributed by atoms with van der Waals surface area (Å²) >= 11 is 1.50. The zero-order valence-corrected chi connectivity index (χ0v) is 16.9. The van der Waals surface area contributed by atoms with Gasteiger partial charge < -0.3 is 10.0 Å². The Hall–Kier alpha value is -2.25. The van der Waals surface area contributed by atoms with Gasteiger partial charge in [0.15, 0.2) is 4.96 Å². The molecule has 1 saturated carbocycles. The molecule has 0 bridgehead atoms. The van der Waals surface area contributed by atoms with Crippen molar-refractivity contribution in [3.8, 4) is 0 Å². The zero-order chi connectivity index (χ0) is 19.8. The van der Waals surface area contributed by atoms with Crippen LogP contribution < -0.4 is 10.5 Å². The summed E-state index contributed by atoms with van der Waals surface area (Å²) in [4.78, 5) is 21.2. The first-order chi connectivity index (χ1) is 13.5. The molecule has 1 fully saturated rings. The Bertz CT molecular complexity index is 1040. The summed E-state index contributed by atoms with van der Waals surface area (Å²) in [5.74, 6) is 0.476. The molecule has 148 valence electrons. The van der Waals surface area contributed by atoms with Gasteiger partial charge in [-0.2, -0.15) is 0 Å². The van der Waals surface area contributed by atoms with Crippen LogP contribution in [0.25, 0.3) is 4.96 Å². The van der Waals surface area contributed by atoms with Crippen molar-refractivity contribution < 1.29 is 9.50 Å². The van der Waals surface area contributed by atoms with Crippen molar-refractivity contribution in [2.45, 2.75) is 32.7 Å². The van der Waals surface area contributed by atoms with Crippen LogP contribution in [0.5, 0.6) is 0 Å². The first kappa shape index (κ1) is 19.1. The lowest BCUT2D eigenvalue weighted by atomic mass is 10.2. The number of hydrogen-bond acceptors (Lipinski definition) is 5. The summed E-state index contributed by atoms with van der Waals surface area (Å²) in [5.41, 5.74) is 3.58. The van der Waals surface area contributed by atoms with E-state index >= 15 is 0 Å². The highest BCUT2D eigenvalue weighted by atomic mass is 32.1. The predicted octanol–water partition coefficient (Wildman–Crippen LogP) is 3.44. The highest BCUT2D eigenvalue weighted by Gasteiger charge is 2.41. The second kappa shape index (κ2) is 7.64. The van der Waals surface area contributed by atoms with Gasteiger partial charge in [-0.3, -0.25) is 9.20 Å². The van der Waals surface area contributed by atoms with Crippen molar-refractivity contribution in [1.82, 2.24) is 9.38 Å². The summed E-state index contributed by atoms with van der Waals surface area (Å²) in [7, 11) is 0. The Morgan fingerprint density at radius 2 is 2.07 bits per heavy atom. The lowest BCUT2D eigenvalue weighted by Crippen LogP contribution is -2.27. The van der Waals surface area contributed by atoms with Crippen molar-refractivity contribution >= 4 is 22.0 Å². The topological polar surface area (TPSA) is 57.8 Å². The number of halogens is 1. The Labute approximate surface area is 167 Å². The van der Waals surface area contributed by atoms with Crippen LogP contribution in [0, 0.1) is 19.8 Å². The number of rotatable bonds is 7. The molecule has 3 aromatic rings. The van der Waals surface area contributed by atoms with Crippen LogP contribution in [0.3, 0.4) is 0 Å². The third kappa shape index (κ3) is 3.56. The molecule has 2 atom stereocenters. The van der Waals surface area contributed by atoms with Gasteiger partial charge >= 0.3 is 0 Å². The Morgan fingerprint density at radius 3 is 2.71 bits per heavy atom. The van der Waals surface area contributed by atoms with Gasteiger partial charge in [-0.05, 0) is 38.3 Å². The lowest BCUT2D eigenvalue weighted by molar-refractivity contribution is 0.273. The number of aryl methyl sites for hydroxylation is 2. The summed E-state index contributed by atoms with van der Waals surface area (Å²) in [6, 6.07) is 9.47. The highest BCUT2D eigenvalue weighted by Crippen LogP contribution is 2.49. The first-order valence-corrected chi connectivity index (χ1v) is 10.3. The Kier molecular flexibility index (Phi) is 5.21. The molecule has 1 N–H and O–H groups in total. The minimum atomic E-state index is -0.471. The Morgan fingerprint density at radius 1 is 1.32 bits per heavy atom. The zero-order valence-electron chi connectivity index (χ0n) is 16.1. The molecule has 0 aliphatic heterocycles. The minimum Gasteiger partial charge on any atom is -0.396 e. The van der Waals surface area contributed by atoms with Crippen molar-refractivity contribution in [1.29, 1.82) is 0 Å². The van der Waals surface area contributed by atoms with E-state index in [9.17, 15) is 14.3 Å². The van der Waals surface area contributed by atoms with Crippen LogP contribution in [0.4, 0.5) is 10.1 Å². The molecule has 2 aromatic heterocycles. The monoisotopic (exact) mass is 401 g/mol. The molecule has 0 spiro atoms. The van der Waals surface area contributed by atoms with Gasteiger partial charge in [-0.25, -0.2) is 9.37 Å². The van der Waals surface area contributed by atoms with E-state index in [0.29, 0.717) is 17.2 Å². The van der Waals surface area contributed by atoms with E-state index in [2.05, 4.69) is 0 Å². The third-order valence-electron chi connectivity index (χ3n) is 5.40. The number of aromatic nitrogens is 2. The van der Waals surface area contributed by atoms with Crippen LogP contribution in [0.1, 0.15) is 34.2 Å². The van der Waals surface area contributed by atoms with Gasteiger partial charge in [0.2, 0.25) is 0 Å². The maximum atomic E-state index is 13.1. The molecular formula is C21H24FN3O2S. The summed E-state index contributed by atoms with van der Waals surface area (Å²) in [6.45, 7) is 4.32. The maximum absolute atomic E-state index is 13.1. The number of nitrogens with zero attached hydrogens (tertiary/aromatic N) is 3. The van der Waals surface area contributed by atoms with Gasteiger partial charge in [0.25, 0.3) is 5.56 Å². The fourth-order valence-corrected chi connectivity index (χ4v) is 4.85.